The number of para-hydroxylation sites is 1. The maximum absolute atomic E-state index is 4.98. The molecule has 0 unspecified atom stereocenters. The maximum Gasteiger partial charge on any atom is 0.172 e. The lowest BCUT2D eigenvalue weighted by molar-refractivity contribution is 0.649. The lowest BCUT2D eigenvalue weighted by atomic mass is 10.1. The molecular formula is C23H22N4S. The van der Waals surface area contributed by atoms with Gasteiger partial charge in [0.1, 0.15) is 5.82 Å². The van der Waals surface area contributed by atoms with E-state index in [9.17, 15) is 0 Å². The number of rotatable bonds is 3. The minimum atomic E-state index is 0.824. The van der Waals surface area contributed by atoms with Crippen molar-refractivity contribution < 1.29 is 0 Å². The van der Waals surface area contributed by atoms with Crippen molar-refractivity contribution in [1.29, 1.82) is 0 Å². The van der Waals surface area contributed by atoms with Gasteiger partial charge in [-0.3, -0.25) is 0 Å². The molecule has 0 spiro atoms. The molecule has 0 aliphatic carbocycles. The van der Waals surface area contributed by atoms with Crippen molar-refractivity contribution in [2.75, 3.05) is 36.0 Å². The summed E-state index contributed by atoms with van der Waals surface area (Å²) in [6, 6.07) is 21.3. The number of hydrogen-bond acceptors (Lipinski definition) is 5. The third-order valence-corrected chi connectivity index (χ3v) is 6.17. The Kier molecular flexibility index (Phi) is 4.45. The highest BCUT2D eigenvalue weighted by molar-refractivity contribution is 7.13. The highest BCUT2D eigenvalue weighted by Gasteiger charge is 2.21. The topological polar surface area (TPSA) is 32.3 Å². The van der Waals surface area contributed by atoms with Crippen LogP contribution in [0.1, 0.15) is 5.56 Å². The van der Waals surface area contributed by atoms with E-state index in [1.54, 1.807) is 11.3 Å². The van der Waals surface area contributed by atoms with Crippen LogP contribution in [-0.4, -0.2) is 36.1 Å². The molecule has 140 valence electrons. The van der Waals surface area contributed by atoms with Gasteiger partial charge in [0.2, 0.25) is 0 Å². The Morgan fingerprint density at radius 3 is 2.29 bits per heavy atom. The van der Waals surface area contributed by atoms with Gasteiger partial charge < -0.3 is 9.80 Å². The summed E-state index contributed by atoms with van der Waals surface area (Å²) in [4.78, 5) is 15.8. The van der Waals surface area contributed by atoms with E-state index in [-0.39, 0.29) is 0 Å². The van der Waals surface area contributed by atoms with Crippen molar-refractivity contribution >= 4 is 33.7 Å². The Morgan fingerprint density at radius 2 is 1.54 bits per heavy atom. The Morgan fingerprint density at radius 1 is 0.786 bits per heavy atom. The minimum Gasteiger partial charge on any atom is -0.368 e. The summed E-state index contributed by atoms with van der Waals surface area (Å²) in [5.74, 6) is 1.88. The number of anilines is 2. The summed E-state index contributed by atoms with van der Waals surface area (Å²) in [5, 5.41) is 3.21. The number of benzene rings is 2. The summed E-state index contributed by atoms with van der Waals surface area (Å²) >= 11 is 1.69. The molecule has 0 atom stereocenters. The Hall–Kier alpha value is -2.92. The van der Waals surface area contributed by atoms with Crippen molar-refractivity contribution in [2.45, 2.75) is 6.92 Å². The molecule has 1 fully saturated rings. The molecule has 3 heterocycles. The van der Waals surface area contributed by atoms with Gasteiger partial charge in [0.05, 0.1) is 10.4 Å². The highest BCUT2D eigenvalue weighted by Crippen LogP contribution is 2.30. The molecule has 5 heteroatoms. The van der Waals surface area contributed by atoms with E-state index in [0.717, 1.165) is 53.6 Å². The number of hydrogen-bond donors (Lipinski definition) is 0. The molecule has 5 rings (SSSR count). The normalized spacial score (nSPS) is 14.6. The van der Waals surface area contributed by atoms with Crippen LogP contribution in [0.5, 0.6) is 0 Å². The monoisotopic (exact) mass is 386 g/mol. The van der Waals surface area contributed by atoms with Crippen LogP contribution in [0, 0.1) is 6.92 Å². The van der Waals surface area contributed by atoms with Crippen LogP contribution in [-0.2, 0) is 0 Å². The van der Waals surface area contributed by atoms with Crippen molar-refractivity contribution in [3.05, 3.63) is 71.6 Å². The molecule has 4 nitrogen and oxygen atoms in total. The highest BCUT2D eigenvalue weighted by atomic mass is 32.1. The van der Waals surface area contributed by atoms with E-state index >= 15 is 0 Å². The first kappa shape index (κ1) is 17.2. The second-order valence-corrected chi connectivity index (χ2v) is 8.12. The molecule has 2 aromatic carbocycles. The summed E-state index contributed by atoms with van der Waals surface area (Å²) in [7, 11) is 0. The third kappa shape index (κ3) is 3.22. The van der Waals surface area contributed by atoms with Crippen LogP contribution in [0.4, 0.5) is 11.5 Å². The molecule has 28 heavy (non-hydrogen) atoms. The van der Waals surface area contributed by atoms with E-state index in [1.807, 2.05) is 6.07 Å². The third-order valence-electron chi connectivity index (χ3n) is 5.30. The van der Waals surface area contributed by atoms with Crippen molar-refractivity contribution in [3.8, 4) is 10.7 Å². The largest absolute Gasteiger partial charge is 0.368 e. The number of piperazine rings is 1. The van der Waals surface area contributed by atoms with Crippen LogP contribution >= 0.6 is 11.3 Å². The first-order valence-corrected chi connectivity index (χ1v) is 10.5. The van der Waals surface area contributed by atoms with Gasteiger partial charge in [-0.15, -0.1) is 11.3 Å². The summed E-state index contributed by atoms with van der Waals surface area (Å²) in [6.45, 7) is 6.04. The van der Waals surface area contributed by atoms with Gasteiger partial charge in [-0.25, -0.2) is 9.97 Å². The molecule has 1 saturated heterocycles. The lowest BCUT2D eigenvalue weighted by Gasteiger charge is -2.37. The van der Waals surface area contributed by atoms with Crippen LogP contribution < -0.4 is 9.80 Å². The predicted octanol–water partition coefficient (Wildman–Crippen LogP) is 4.99. The van der Waals surface area contributed by atoms with Gasteiger partial charge in [-0.1, -0.05) is 35.9 Å². The number of aryl methyl sites for hydroxylation is 1. The summed E-state index contributed by atoms with van der Waals surface area (Å²) in [6.07, 6.45) is 0. The molecule has 2 aromatic heterocycles. The van der Waals surface area contributed by atoms with Crippen LogP contribution in [0.2, 0.25) is 0 Å². The minimum absolute atomic E-state index is 0.824. The fraction of sp³-hybridized carbons (Fsp3) is 0.217. The molecule has 1 aliphatic heterocycles. The van der Waals surface area contributed by atoms with Crippen molar-refractivity contribution in [2.24, 2.45) is 0 Å². The zero-order chi connectivity index (χ0) is 18.9. The van der Waals surface area contributed by atoms with E-state index in [0.29, 0.717) is 0 Å². The van der Waals surface area contributed by atoms with Gasteiger partial charge in [-0.05, 0) is 42.6 Å². The van der Waals surface area contributed by atoms with E-state index < -0.39 is 0 Å². The quantitative estimate of drug-likeness (QED) is 0.496. The summed E-state index contributed by atoms with van der Waals surface area (Å²) < 4.78 is 0. The van der Waals surface area contributed by atoms with Crippen LogP contribution in [0.15, 0.2) is 66.0 Å². The zero-order valence-corrected chi connectivity index (χ0v) is 16.7. The Bertz CT molecular complexity index is 1080. The van der Waals surface area contributed by atoms with Crippen LogP contribution in [0.3, 0.4) is 0 Å². The van der Waals surface area contributed by atoms with Gasteiger partial charge in [0.25, 0.3) is 0 Å². The first-order chi connectivity index (χ1) is 13.8. The molecule has 4 aromatic rings. The first-order valence-electron chi connectivity index (χ1n) is 9.65. The Balaban J connectivity index is 1.45. The molecule has 1 aliphatic rings. The molecule has 0 radical (unpaired) electrons. The number of nitrogens with zero attached hydrogens (tertiary/aromatic N) is 4. The number of thiophene rings is 1. The van der Waals surface area contributed by atoms with Crippen molar-refractivity contribution in [3.63, 3.8) is 0 Å². The molecular weight excluding hydrogens is 364 g/mol. The molecule has 0 amide bonds. The van der Waals surface area contributed by atoms with E-state index in [2.05, 4.69) is 76.7 Å². The lowest BCUT2D eigenvalue weighted by Crippen LogP contribution is -2.47. The average Bonchev–Trinajstić information content (AvgIpc) is 3.29. The van der Waals surface area contributed by atoms with Crippen LogP contribution in [0.25, 0.3) is 21.6 Å². The van der Waals surface area contributed by atoms with Gasteiger partial charge in [-0.2, -0.15) is 0 Å². The standard InChI is InChI=1S/C23H22N4S/c1-17-8-10-18(11-9-17)26-12-14-27(15-13-26)23-19-5-2-3-6-20(19)24-22(25-23)21-7-4-16-28-21/h2-11,16H,12-15H2,1H3. The zero-order valence-electron chi connectivity index (χ0n) is 15.9. The van der Waals surface area contributed by atoms with Crippen molar-refractivity contribution in [1.82, 2.24) is 9.97 Å². The number of fused-ring (bicyclic) bond motifs is 1. The molecule has 0 N–H and O–H groups in total. The maximum atomic E-state index is 4.98. The fourth-order valence-electron chi connectivity index (χ4n) is 3.75. The fourth-order valence-corrected chi connectivity index (χ4v) is 4.41. The van der Waals surface area contributed by atoms with Gasteiger partial charge >= 0.3 is 0 Å². The Labute approximate surface area is 169 Å². The predicted molar refractivity (Wildman–Crippen MR) is 118 cm³/mol. The second kappa shape index (κ2) is 7.24. The van der Waals surface area contributed by atoms with Gasteiger partial charge in [0, 0.05) is 37.3 Å². The summed E-state index contributed by atoms with van der Waals surface area (Å²) in [5.41, 5.74) is 3.62. The molecule has 0 saturated carbocycles. The second-order valence-electron chi connectivity index (χ2n) is 7.17. The molecule has 0 bridgehead atoms. The number of aromatic nitrogens is 2. The smallest absolute Gasteiger partial charge is 0.172 e. The average molecular weight is 387 g/mol. The van der Waals surface area contributed by atoms with E-state index in [4.69, 9.17) is 9.97 Å². The van der Waals surface area contributed by atoms with E-state index in [1.165, 1.54) is 11.3 Å². The SMILES string of the molecule is Cc1ccc(N2CCN(c3nc(-c4cccs4)nc4ccccc34)CC2)cc1. The van der Waals surface area contributed by atoms with Gasteiger partial charge in [0.15, 0.2) is 5.82 Å².